The summed E-state index contributed by atoms with van der Waals surface area (Å²) in [5, 5.41) is 36.8. The molecule has 0 aromatic heterocycles. The Bertz CT molecular complexity index is 2300. The largest absolute Gasteiger partial charge is 0.459 e. The highest BCUT2D eigenvalue weighted by molar-refractivity contribution is 6.03. The summed E-state index contributed by atoms with van der Waals surface area (Å²) < 4.78 is 32.6. The van der Waals surface area contributed by atoms with Gasteiger partial charge >= 0.3 is 0 Å². The number of nitro groups is 1. The molecule has 0 saturated heterocycles. The number of nitrogens with zero attached hydrogens (tertiary/aromatic N) is 3. The van der Waals surface area contributed by atoms with Crippen LogP contribution < -0.4 is 18.9 Å². The second-order valence-electron chi connectivity index (χ2n) is 19.7. The van der Waals surface area contributed by atoms with Crippen LogP contribution in [0.25, 0.3) is 0 Å². The zero-order valence-corrected chi connectivity index (χ0v) is 39.2. The highest BCUT2D eigenvalue weighted by atomic mass is 16.7. The zero-order valence-electron chi connectivity index (χ0n) is 39.2. The van der Waals surface area contributed by atoms with E-state index in [0.717, 1.165) is 61.6 Å². The molecule has 2 fully saturated rings. The van der Waals surface area contributed by atoms with Crippen LogP contribution >= 0.6 is 0 Å². The number of non-ortho nitro benzene ring substituents is 1. The fraction of sp³-hybridized carbons (Fsp3) is 0.547. The van der Waals surface area contributed by atoms with E-state index in [9.17, 15) is 20.3 Å². The predicted molar refractivity (Wildman–Crippen MR) is 253 cm³/mol. The van der Waals surface area contributed by atoms with Gasteiger partial charge in [0, 0.05) is 50.1 Å². The molecule has 0 unspecified atom stereocenters. The average Bonchev–Trinajstić information content (AvgIpc) is 4.02. The van der Waals surface area contributed by atoms with Crippen LogP contribution in [0.5, 0.6) is 28.7 Å². The molecule has 8 rings (SSSR count). The number of benzene rings is 3. The Balaban J connectivity index is 1.33. The lowest BCUT2D eigenvalue weighted by molar-refractivity contribution is -0.384. The molecule has 0 radical (unpaired) electrons. The highest BCUT2D eigenvalue weighted by Gasteiger charge is 2.65. The zero-order chi connectivity index (χ0) is 47.1. The van der Waals surface area contributed by atoms with Gasteiger partial charge in [-0.3, -0.25) is 14.9 Å². The number of amides is 1. The Hall–Kier alpha value is -5.44. The van der Waals surface area contributed by atoms with E-state index in [1.165, 1.54) is 25.0 Å². The lowest BCUT2D eigenvalue weighted by Gasteiger charge is -2.60. The molecule has 360 valence electrons. The first-order chi connectivity index (χ1) is 32.4. The standard InChI is InChI=1S/C53H67N3O11/c1-5-27-64-53-48(55(49(59)24-20-35-13-6-7-14-35)33-36-19-22-46-47(28-36)63-34-62-46)32-44(54-67-52(2,3)4)42-29-37(15-8-10-25-57)41(18-9-11-26-58)50(51(42)53)43-31-40(21-23-45(43)66-53)65-39-17-12-16-38(30-39)56(60)61/h5,12,16-17,19,21-23,28-31,35,37,41,48,50-51,57-58H,1,6-11,13-15,18,20,24-27,32-34H2,2-4H3/t37-,41+,48-,50+,51+,53+/m0/s1. The lowest BCUT2D eigenvalue weighted by atomic mass is 9.55. The number of carbonyl (C=O) groups is 1. The third-order valence-corrected chi connectivity index (χ3v) is 14.1. The number of hydrogen-bond acceptors (Lipinski definition) is 12. The molecule has 0 bridgehead atoms. The molecule has 2 saturated carbocycles. The first kappa shape index (κ1) is 48.0. The predicted octanol–water partition coefficient (Wildman–Crippen LogP) is 10.5. The van der Waals surface area contributed by atoms with Crippen molar-refractivity contribution in [3.8, 4) is 28.7 Å². The van der Waals surface area contributed by atoms with Gasteiger partial charge in [0.15, 0.2) is 11.5 Å². The SMILES string of the molecule is C=CCO[C@@]12Oc3ccc(Oc4cccc([N+](=O)[O-])c4)cc3[C@H]3[C@H](CCCCO)[C@@H](CCCCO)C=C(C(=NOC(C)(C)C)C[C@@H]1N(Cc1ccc4c(c1)OCO4)C(=O)CCC1CCCC1)[C@H]32. The summed E-state index contributed by atoms with van der Waals surface area (Å²) >= 11 is 0. The van der Waals surface area contributed by atoms with Crippen molar-refractivity contribution in [1.29, 1.82) is 0 Å². The monoisotopic (exact) mass is 921 g/mol. The number of oxime groups is 1. The van der Waals surface area contributed by atoms with Crippen LogP contribution in [0, 0.1) is 33.8 Å². The van der Waals surface area contributed by atoms with Gasteiger partial charge in [-0.15, -0.1) is 6.58 Å². The number of ether oxygens (including phenoxy) is 5. The van der Waals surface area contributed by atoms with Crippen molar-refractivity contribution < 1.29 is 48.5 Å². The third kappa shape index (κ3) is 10.8. The fourth-order valence-corrected chi connectivity index (χ4v) is 11.1. The number of nitro benzene ring substituents is 1. The molecule has 3 aromatic rings. The smallest absolute Gasteiger partial charge is 0.273 e. The number of allylic oxidation sites excluding steroid dienone is 1. The van der Waals surface area contributed by atoms with Crippen LogP contribution in [0.4, 0.5) is 5.69 Å². The average molecular weight is 922 g/mol. The van der Waals surface area contributed by atoms with Gasteiger partial charge in [0.1, 0.15) is 28.9 Å². The topological polar surface area (TPSA) is 172 Å². The second kappa shape index (κ2) is 21.2. The number of fused-ring (bicyclic) bond motifs is 3. The van der Waals surface area contributed by atoms with Gasteiger partial charge in [0.2, 0.25) is 18.5 Å². The van der Waals surface area contributed by atoms with Crippen molar-refractivity contribution in [3.05, 3.63) is 106 Å². The number of rotatable bonds is 21. The van der Waals surface area contributed by atoms with Gasteiger partial charge < -0.3 is 43.6 Å². The Labute approximate surface area is 394 Å². The minimum atomic E-state index is -1.45. The van der Waals surface area contributed by atoms with E-state index in [-0.39, 0.29) is 68.9 Å². The van der Waals surface area contributed by atoms with E-state index in [0.29, 0.717) is 59.6 Å². The molecular weight excluding hydrogens is 855 g/mol. The summed E-state index contributed by atoms with van der Waals surface area (Å²) in [6.07, 6.45) is 14.4. The molecule has 67 heavy (non-hydrogen) atoms. The summed E-state index contributed by atoms with van der Waals surface area (Å²) in [5.74, 6) is 0.892. The molecule has 5 aliphatic rings. The van der Waals surface area contributed by atoms with Crippen LogP contribution in [-0.4, -0.2) is 75.7 Å². The summed E-state index contributed by atoms with van der Waals surface area (Å²) in [5.41, 5.74) is 2.68. The second-order valence-corrected chi connectivity index (χ2v) is 19.7. The lowest BCUT2D eigenvalue weighted by Crippen LogP contribution is -2.70. The van der Waals surface area contributed by atoms with E-state index in [1.54, 1.807) is 24.3 Å². The van der Waals surface area contributed by atoms with Crippen molar-refractivity contribution >= 4 is 17.3 Å². The molecule has 14 heteroatoms. The van der Waals surface area contributed by atoms with Crippen LogP contribution in [0.15, 0.2) is 90.1 Å². The minimum Gasteiger partial charge on any atom is -0.459 e. The van der Waals surface area contributed by atoms with E-state index >= 15 is 4.79 Å². The normalized spacial score (nSPS) is 24.6. The Morgan fingerprint density at radius 2 is 1.70 bits per heavy atom. The number of aliphatic hydroxyl groups is 2. The molecule has 2 heterocycles. The van der Waals surface area contributed by atoms with Crippen LogP contribution in [0.2, 0.25) is 0 Å². The van der Waals surface area contributed by atoms with Gasteiger partial charge in [-0.25, -0.2) is 0 Å². The van der Waals surface area contributed by atoms with Gasteiger partial charge in [-0.1, -0.05) is 68.0 Å². The first-order valence-electron chi connectivity index (χ1n) is 24.3. The summed E-state index contributed by atoms with van der Waals surface area (Å²) in [6, 6.07) is 16.9. The summed E-state index contributed by atoms with van der Waals surface area (Å²) in [6.45, 7) is 10.6. The van der Waals surface area contributed by atoms with Crippen LogP contribution in [-0.2, 0) is 20.9 Å². The molecule has 2 aliphatic heterocycles. The first-order valence-corrected chi connectivity index (χ1v) is 24.3. The molecule has 3 aliphatic carbocycles. The molecule has 2 N–H and O–H groups in total. The molecule has 1 amide bonds. The maximum Gasteiger partial charge on any atom is 0.273 e. The number of carbonyl (C=O) groups excluding carboxylic acids is 1. The fourth-order valence-electron chi connectivity index (χ4n) is 11.1. The number of unbranched alkanes of at least 4 members (excludes halogenated alkanes) is 2. The Morgan fingerprint density at radius 3 is 2.45 bits per heavy atom. The van der Waals surface area contributed by atoms with Gasteiger partial charge in [0.05, 0.1) is 29.2 Å². The van der Waals surface area contributed by atoms with Gasteiger partial charge in [-0.2, -0.15) is 0 Å². The van der Waals surface area contributed by atoms with E-state index in [4.69, 9.17) is 33.7 Å². The van der Waals surface area contributed by atoms with Crippen molar-refractivity contribution in [2.24, 2.45) is 28.8 Å². The quantitative estimate of drug-likeness (QED) is 0.0451. The minimum absolute atomic E-state index is 0.00896. The Morgan fingerprint density at radius 1 is 0.955 bits per heavy atom. The van der Waals surface area contributed by atoms with Crippen molar-refractivity contribution in [3.63, 3.8) is 0 Å². The third-order valence-electron chi connectivity index (χ3n) is 14.1. The number of aliphatic hydroxyl groups excluding tert-OH is 2. The van der Waals surface area contributed by atoms with E-state index < -0.39 is 28.3 Å². The summed E-state index contributed by atoms with van der Waals surface area (Å²) in [4.78, 5) is 34.9. The Kier molecular flexibility index (Phi) is 15.2. The highest BCUT2D eigenvalue weighted by Crippen LogP contribution is 2.62. The molecular formula is C53H67N3O11. The molecule has 3 aromatic carbocycles. The van der Waals surface area contributed by atoms with Gasteiger partial charge in [-0.05, 0) is 118 Å². The van der Waals surface area contributed by atoms with E-state index in [2.05, 4.69) is 12.7 Å². The molecule has 6 atom stereocenters. The summed E-state index contributed by atoms with van der Waals surface area (Å²) in [7, 11) is 0. The maximum absolute atomic E-state index is 15.3. The van der Waals surface area contributed by atoms with Gasteiger partial charge in [0.25, 0.3) is 5.69 Å². The molecule has 14 nitrogen and oxygen atoms in total. The van der Waals surface area contributed by atoms with Crippen molar-refractivity contribution in [2.75, 3.05) is 26.6 Å². The maximum atomic E-state index is 15.3. The van der Waals surface area contributed by atoms with Crippen molar-refractivity contribution in [2.45, 2.75) is 134 Å². The molecule has 0 spiro atoms. The van der Waals surface area contributed by atoms with Crippen molar-refractivity contribution in [1.82, 2.24) is 4.90 Å². The number of hydrogen-bond donors (Lipinski definition) is 2. The van der Waals surface area contributed by atoms with Crippen LogP contribution in [0.1, 0.15) is 121 Å². The van der Waals surface area contributed by atoms with E-state index in [1.807, 2.05) is 56.0 Å². The van der Waals surface area contributed by atoms with Crippen LogP contribution in [0.3, 0.4) is 0 Å².